The number of carbonyl (C=O) groups excluding carboxylic acids is 1. The highest BCUT2D eigenvalue weighted by molar-refractivity contribution is 7.52. The number of aliphatic hydroxyl groups excluding tert-OH is 2. The Morgan fingerprint density at radius 3 is 2.52 bits per heavy atom. The summed E-state index contributed by atoms with van der Waals surface area (Å²) < 4.78 is 35.5. The van der Waals surface area contributed by atoms with Crippen LogP contribution in [0.2, 0.25) is 0 Å². The summed E-state index contributed by atoms with van der Waals surface area (Å²) in [4.78, 5) is 16.2. The summed E-state index contributed by atoms with van der Waals surface area (Å²) in [6.07, 6.45) is -1.62. The summed E-state index contributed by atoms with van der Waals surface area (Å²) in [7, 11) is -4.12. The second-order valence-corrected chi connectivity index (χ2v) is 9.59. The summed E-state index contributed by atoms with van der Waals surface area (Å²) in [5.74, 6) is -0.381. The van der Waals surface area contributed by atoms with Crippen molar-refractivity contribution in [1.29, 1.82) is 0 Å². The molecule has 3 rings (SSSR count). The average molecular weight is 480 g/mol. The molecule has 33 heavy (non-hydrogen) atoms. The van der Waals surface area contributed by atoms with Crippen LogP contribution in [0.15, 0.2) is 54.9 Å². The van der Waals surface area contributed by atoms with Gasteiger partial charge in [0.15, 0.2) is 0 Å². The molecular formula is C22H29N2O8P. The van der Waals surface area contributed by atoms with Crippen LogP contribution in [-0.2, 0) is 23.4 Å². The van der Waals surface area contributed by atoms with Gasteiger partial charge in [0.1, 0.15) is 36.2 Å². The number of rotatable bonds is 10. The van der Waals surface area contributed by atoms with Crippen molar-refractivity contribution in [3.05, 3.63) is 60.4 Å². The van der Waals surface area contributed by atoms with Gasteiger partial charge in [-0.25, -0.2) is 4.57 Å². The molecule has 0 bridgehead atoms. The van der Waals surface area contributed by atoms with E-state index in [-0.39, 0.29) is 18.5 Å². The normalized spacial score (nSPS) is 25.4. The number of hydrogen-bond donors (Lipinski definition) is 3. The Labute approximate surface area is 192 Å². The van der Waals surface area contributed by atoms with Crippen LogP contribution in [0.4, 0.5) is 0 Å². The predicted molar refractivity (Wildman–Crippen MR) is 118 cm³/mol. The number of benzene rings is 1. The zero-order valence-electron chi connectivity index (χ0n) is 18.6. The number of esters is 1. The maximum Gasteiger partial charge on any atom is 0.459 e. The fourth-order valence-electron chi connectivity index (χ4n) is 3.21. The van der Waals surface area contributed by atoms with Gasteiger partial charge in [-0.3, -0.25) is 14.3 Å². The number of hydrogen-bond acceptors (Lipinski definition) is 9. The number of aliphatic hydroxyl groups is 2. The smallest absolute Gasteiger partial charge is 0.459 e. The molecule has 1 saturated heterocycles. The SMILES string of the molecule is CC(C)OC(=O)[C@H](C)N[P@](=O)(OC[C@H]1O[C@@H](c2cccnc2)[C@H](O)[C@@H]1O)Oc1ccccc1. The largest absolute Gasteiger partial charge is 0.462 e. The lowest BCUT2D eigenvalue weighted by molar-refractivity contribution is -0.149. The lowest BCUT2D eigenvalue weighted by Crippen LogP contribution is -2.38. The number of nitrogens with one attached hydrogen (secondary N) is 1. The van der Waals surface area contributed by atoms with Gasteiger partial charge < -0.3 is 24.2 Å². The molecule has 0 saturated carbocycles. The minimum atomic E-state index is -4.12. The first-order valence-electron chi connectivity index (χ1n) is 10.6. The Morgan fingerprint density at radius 2 is 1.88 bits per heavy atom. The first-order chi connectivity index (χ1) is 15.7. The summed E-state index contributed by atoms with van der Waals surface area (Å²) >= 11 is 0. The number of ether oxygens (including phenoxy) is 2. The third kappa shape index (κ3) is 6.83. The van der Waals surface area contributed by atoms with E-state index in [1.54, 1.807) is 62.5 Å². The van der Waals surface area contributed by atoms with Gasteiger partial charge in [0.05, 0.1) is 12.7 Å². The van der Waals surface area contributed by atoms with Crippen LogP contribution in [0.1, 0.15) is 32.4 Å². The summed E-state index contributed by atoms with van der Waals surface area (Å²) in [6.45, 7) is 4.49. The second-order valence-electron chi connectivity index (χ2n) is 7.90. The second kappa shape index (κ2) is 11.2. The van der Waals surface area contributed by atoms with Gasteiger partial charge in [0.25, 0.3) is 0 Å². The Morgan fingerprint density at radius 1 is 1.15 bits per heavy atom. The van der Waals surface area contributed by atoms with Crippen molar-refractivity contribution in [3.8, 4) is 5.75 Å². The Bertz CT molecular complexity index is 946. The fourth-order valence-corrected chi connectivity index (χ4v) is 4.71. The van der Waals surface area contributed by atoms with E-state index in [2.05, 4.69) is 10.1 Å². The molecule has 2 heterocycles. The monoisotopic (exact) mass is 480 g/mol. The van der Waals surface area contributed by atoms with Crippen molar-refractivity contribution in [2.24, 2.45) is 0 Å². The predicted octanol–water partition coefficient (Wildman–Crippen LogP) is 2.38. The summed E-state index contributed by atoms with van der Waals surface area (Å²) in [5, 5.41) is 23.4. The average Bonchev–Trinajstić information content (AvgIpc) is 3.07. The van der Waals surface area contributed by atoms with Crippen molar-refractivity contribution < 1.29 is 38.1 Å². The van der Waals surface area contributed by atoms with Gasteiger partial charge in [0, 0.05) is 18.0 Å². The molecule has 1 fully saturated rings. The molecule has 0 unspecified atom stereocenters. The van der Waals surface area contributed by atoms with E-state index in [0.717, 1.165) is 0 Å². The van der Waals surface area contributed by atoms with Crippen molar-refractivity contribution in [3.63, 3.8) is 0 Å². The highest BCUT2D eigenvalue weighted by Crippen LogP contribution is 2.46. The van der Waals surface area contributed by atoms with E-state index in [4.69, 9.17) is 18.5 Å². The van der Waals surface area contributed by atoms with Gasteiger partial charge in [-0.05, 0) is 39.0 Å². The minimum Gasteiger partial charge on any atom is -0.462 e. The minimum absolute atomic E-state index is 0.249. The molecule has 11 heteroatoms. The lowest BCUT2D eigenvalue weighted by Gasteiger charge is -2.25. The standard InChI is InChI=1S/C22H29N2O8P/c1-14(2)30-22(27)15(3)24-33(28,32-17-9-5-4-6-10-17)29-13-18-19(25)20(26)21(31-18)16-8-7-11-23-12-16/h4-12,14-15,18-21,25-26H,13H2,1-3H3,(H,24,28)/t15-,18+,19+,20+,21-,33-/m0/s1. The third-order valence-corrected chi connectivity index (χ3v) is 6.45. The van der Waals surface area contributed by atoms with Crippen LogP contribution in [-0.4, -0.2) is 58.2 Å². The Balaban J connectivity index is 1.71. The number of para-hydroxylation sites is 1. The van der Waals surface area contributed by atoms with Crippen LogP contribution >= 0.6 is 7.75 Å². The van der Waals surface area contributed by atoms with E-state index in [9.17, 15) is 19.6 Å². The maximum atomic E-state index is 13.5. The summed E-state index contributed by atoms with van der Waals surface area (Å²) in [5.41, 5.74) is 0.582. The van der Waals surface area contributed by atoms with E-state index < -0.39 is 44.2 Å². The molecule has 2 aromatic rings. The fraction of sp³-hybridized carbons (Fsp3) is 0.455. The number of nitrogens with zero attached hydrogens (tertiary/aromatic N) is 1. The highest BCUT2D eigenvalue weighted by Gasteiger charge is 2.45. The van der Waals surface area contributed by atoms with Crippen LogP contribution in [0.5, 0.6) is 5.75 Å². The van der Waals surface area contributed by atoms with Crippen LogP contribution < -0.4 is 9.61 Å². The molecule has 0 radical (unpaired) electrons. The topological polar surface area (TPSA) is 136 Å². The van der Waals surface area contributed by atoms with Crippen LogP contribution in [0.25, 0.3) is 0 Å². The summed E-state index contributed by atoms with van der Waals surface area (Å²) in [6, 6.07) is 10.7. The molecular weight excluding hydrogens is 451 g/mol. The third-order valence-electron chi connectivity index (χ3n) is 4.81. The molecule has 1 aromatic carbocycles. The number of pyridine rings is 1. The molecule has 180 valence electrons. The zero-order chi connectivity index (χ0) is 24.0. The Kier molecular flexibility index (Phi) is 8.58. The van der Waals surface area contributed by atoms with Crippen molar-refractivity contribution in [1.82, 2.24) is 10.1 Å². The van der Waals surface area contributed by atoms with Gasteiger partial charge in [-0.15, -0.1) is 0 Å². The highest BCUT2D eigenvalue weighted by atomic mass is 31.2. The zero-order valence-corrected chi connectivity index (χ0v) is 19.5. The van der Waals surface area contributed by atoms with Crippen LogP contribution in [0, 0.1) is 0 Å². The van der Waals surface area contributed by atoms with Gasteiger partial charge in [-0.1, -0.05) is 24.3 Å². The van der Waals surface area contributed by atoms with E-state index >= 15 is 0 Å². The van der Waals surface area contributed by atoms with E-state index in [1.165, 1.54) is 13.1 Å². The van der Waals surface area contributed by atoms with E-state index in [1.807, 2.05) is 0 Å². The molecule has 6 atom stereocenters. The van der Waals surface area contributed by atoms with Gasteiger partial charge >= 0.3 is 13.7 Å². The molecule has 1 aliphatic rings. The quantitative estimate of drug-likeness (QED) is 0.343. The first kappa shape index (κ1) is 25.3. The number of carbonyl (C=O) groups is 1. The van der Waals surface area contributed by atoms with Crippen molar-refractivity contribution >= 4 is 13.7 Å². The molecule has 10 nitrogen and oxygen atoms in total. The number of aromatic nitrogens is 1. The lowest BCUT2D eigenvalue weighted by atomic mass is 10.0. The molecule has 1 aliphatic heterocycles. The molecule has 0 aliphatic carbocycles. The van der Waals surface area contributed by atoms with Gasteiger partial charge in [0.2, 0.25) is 0 Å². The Hall–Kier alpha value is -2.33. The maximum absolute atomic E-state index is 13.5. The molecule has 3 N–H and O–H groups in total. The van der Waals surface area contributed by atoms with Crippen molar-refractivity contribution in [2.75, 3.05) is 6.61 Å². The van der Waals surface area contributed by atoms with E-state index in [0.29, 0.717) is 5.56 Å². The van der Waals surface area contributed by atoms with Crippen LogP contribution in [0.3, 0.4) is 0 Å². The first-order valence-corrected chi connectivity index (χ1v) is 12.1. The van der Waals surface area contributed by atoms with Gasteiger partial charge in [-0.2, -0.15) is 5.09 Å². The molecule has 0 amide bonds. The molecule has 0 spiro atoms. The molecule has 1 aromatic heterocycles. The van der Waals surface area contributed by atoms with Crippen molar-refractivity contribution in [2.45, 2.75) is 57.3 Å².